The fraction of sp³-hybridized carbons (Fsp3) is 0.409. The molecule has 1 fully saturated rings. The SMILES string of the molecule is CC(C)n1cc(Oc2ccnc(Nc3ccc(C(C)(C)O)nc3)c2)c(C2CC2)n1. The van der Waals surface area contributed by atoms with E-state index in [-0.39, 0.29) is 0 Å². The average molecular weight is 393 g/mol. The molecule has 7 heteroatoms. The van der Waals surface area contributed by atoms with Crippen LogP contribution in [0.2, 0.25) is 0 Å². The van der Waals surface area contributed by atoms with E-state index in [0.717, 1.165) is 17.1 Å². The quantitative estimate of drug-likeness (QED) is 0.594. The second-order valence-corrected chi connectivity index (χ2v) is 8.32. The van der Waals surface area contributed by atoms with Crippen molar-refractivity contribution in [2.24, 2.45) is 0 Å². The number of anilines is 2. The summed E-state index contributed by atoms with van der Waals surface area (Å²) < 4.78 is 8.13. The van der Waals surface area contributed by atoms with Crippen LogP contribution in [-0.2, 0) is 5.60 Å². The molecule has 1 aliphatic carbocycles. The van der Waals surface area contributed by atoms with E-state index in [9.17, 15) is 5.11 Å². The highest BCUT2D eigenvalue weighted by atomic mass is 16.5. The van der Waals surface area contributed by atoms with Crippen molar-refractivity contribution in [3.8, 4) is 11.5 Å². The van der Waals surface area contributed by atoms with Gasteiger partial charge in [-0.2, -0.15) is 5.10 Å². The van der Waals surface area contributed by atoms with Gasteiger partial charge in [-0.1, -0.05) is 0 Å². The summed E-state index contributed by atoms with van der Waals surface area (Å²) in [5, 5.41) is 18.0. The number of rotatable bonds is 7. The predicted molar refractivity (Wildman–Crippen MR) is 112 cm³/mol. The van der Waals surface area contributed by atoms with E-state index in [4.69, 9.17) is 9.84 Å². The van der Waals surface area contributed by atoms with Crippen molar-refractivity contribution in [1.29, 1.82) is 0 Å². The summed E-state index contributed by atoms with van der Waals surface area (Å²) in [6.45, 7) is 7.64. The third-order valence-electron chi connectivity index (χ3n) is 4.84. The lowest BCUT2D eigenvalue weighted by Gasteiger charge is -2.16. The minimum absolute atomic E-state index is 0.291. The summed E-state index contributed by atoms with van der Waals surface area (Å²) in [4.78, 5) is 8.67. The Hall–Kier alpha value is -2.93. The molecule has 0 unspecified atom stereocenters. The lowest BCUT2D eigenvalue weighted by atomic mass is 10.1. The first-order chi connectivity index (χ1) is 13.8. The molecule has 29 heavy (non-hydrogen) atoms. The number of hydrogen-bond acceptors (Lipinski definition) is 6. The van der Waals surface area contributed by atoms with Gasteiger partial charge in [-0.15, -0.1) is 0 Å². The van der Waals surface area contributed by atoms with Crippen LogP contribution in [0.1, 0.15) is 63.9 Å². The maximum atomic E-state index is 10.0. The number of aliphatic hydroxyl groups is 1. The molecule has 3 aromatic rings. The van der Waals surface area contributed by atoms with Crippen LogP contribution in [-0.4, -0.2) is 24.9 Å². The van der Waals surface area contributed by atoms with Crippen LogP contribution in [0.3, 0.4) is 0 Å². The highest BCUT2D eigenvalue weighted by Gasteiger charge is 2.30. The smallest absolute Gasteiger partial charge is 0.168 e. The van der Waals surface area contributed by atoms with Crippen molar-refractivity contribution in [3.63, 3.8) is 0 Å². The molecule has 1 aliphatic rings. The summed E-state index contributed by atoms with van der Waals surface area (Å²) in [5.41, 5.74) is 1.47. The molecule has 7 nitrogen and oxygen atoms in total. The zero-order valence-corrected chi connectivity index (χ0v) is 17.3. The number of hydrogen-bond donors (Lipinski definition) is 2. The maximum absolute atomic E-state index is 10.0. The predicted octanol–water partition coefficient (Wildman–Crippen LogP) is 4.89. The Bertz CT molecular complexity index is 985. The Labute approximate surface area is 170 Å². The Morgan fingerprint density at radius 2 is 2.00 bits per heavy atom. The molecule has 0 bridgehead atoms. The molecule has 3 aromatic heterocycles. The van der Waals surface area contributed by atoms with Gasteiger partial charge in [-0.3, -0.25) is 9.67 Å². The van der Waals surface area contributed by atoms with Crippen LogP contribution < -0.4 is 10.1 Å². The molecular formula is C22H27N5O2. The van der Waals surface area contributed by atoms with E-state index in [0.29, 0.717) is 29.2 Å². The molecule has 4 rings (SSSR count). The van der Waals surface area contributed by atoms with Gasteiger partial charge in [0.25, 0.3) is 0 Å². The Kier molecular flexibility index (Phi) is 5.00. The molecular weight excluding hydrogens is 366 g/mol. The van der Waals surface area contributed by atoms with Crippen LogP contribution in [0, 0.1) is 0 Å². The molecule has 2 N–H and O–H groups in total. The van der Waals surface area contributed by atoms with Gasteiger partial charge in [0.15, 0.2) is 5.75 Å². The molecule has 0 aliphatic heterocycles. The van der Waals surface area contributed by atoms with E-state index >= 15 is 0 Å². The number of nitrogens with zero attached hydrogens (tertiary/aromatic N) is 4. The molecule has 0 amide bonds. The number of nitrogens with one attached hydrogen (secondary N) is 1. The molecule has 0 spiro atoms. The van der Waals surface area contributed by atoms with Gasteiger partial charge in [0, 0.05) is 24.2 Å². The standard InChI is InChI=1S/C22H27N5O2/c1-14(2)27-13-18(21(26-27)15-5-6-15)29-17-9-10-23-20(11-17)25-16-7-8-19(24-12-16)22(3,4)28/h7-15,28H,5-6H2,1-4H3,(H,23,25). The summed E-state index contributed by atoms with van der Waals surface area (Å²) in [6.07, 6.45) is 7.70. The van der Waals surface area contributed by atoms with Crippen LogP contribution in [0.5, 0.6) is 11.5 Å². The summed E-state index contributed by atoms with van der Waals surface area (Å²) in [7, 11) is 0. The largest absolute Gasteiger partial charge is 0.454 e. The van der Waals surface area contributed by atoms with Gasteiger partial charge in [0.2, 0.25) is 0 Å². The monoisotopic (exact) mass is 393 g/mol. The zero-order chi connectivity index (χ0) is 20.6. The molecule has 0 aromatic carbocycles. The number of ether oxygens (including phenoxy) is 1. The third-order valence-corrected chi connectivity index (χ3v) is 4.84. The van der Waals surface area contributed by atoms with Gasteiger partial charge in [0.05, 0.1) is 23.8 Å². The zero-order valence-electron chi connectivity index (χ0n) is 17.3. The molecule has 0 saturated heterocycles. The summed E-state index contributed by atoms with van der Waals surface area (Å²) in [5.74, 6) is 2.68. The second kappa shape index (κ2) is 7.48. The van der Waals surface area contributed by atoms with Crippen LogP contribution >= 0.6 is 0 Å². The number of aromatic nitrogens is 4. The Morgan fingerprint density at radius 3 is 2.62 bits per heavy atom. The fourth-order valence-electron chi connectivity index (χ4n) is 3.02. The Balaban J connectivity index is 1.51. The van der Waals surface area contributed by atoms with Gasteiger partial charge in [-0.25, -0.2) is 4.98 Å². The Morgan fingerprint density at radius 1 is 1.21 bits per heavy atom. The van der Waals surface area contributed by atoms with Gasteiger partial charge in [0.1, 0.15) is 22.9 Å². The first kappa shape index (κ1) is 19.4. The second-order valence-electron chi connectivity index (χ2n) is 8.32. The van der Waals surface area contributed by atoms with Crippen molar-refractivity contribution in [2.75, 3.05) is 5.32 Å². The van der Waals surface area contributed by atoms with Crippen LogP contribution in [0.15, 0.2) is 42.9 Å². The molecule has 0 radical (unpaired) electrons. The first-order valence-electron chi connectivity index (χ1n) is 9.98. The van der Waals surface area contributed by atoms with E-state index in [1.165, 1.54) is 12.8 Å². The minimum atomic E-state index is -0.968. The van der Waals surface area contributed by atoms with E-state index in [1.54, 1.807) is 32.3 Å². The highest BCUT2D eigenvalue weighted by Crippen LogP contribution is 2.44. The van der Waals surface area contributed by atoms with Crippen molar-refractivity contribution < 1.29 is 9.84 Å². The van der Waals surface area contributed by atoms with Crippen molar-refractivity contribution in [3.05, 3.63) is 54.2 Å². The molecule has 1 saturated carbocycles. The molecule has 152 valence electrons. The highest BCUT2D eigenvalue weighted by molar-refractivity contribution is 5.56. The van der Waals surface area contributed by atoms with Gasteiger partial charge < -0.3 is 15.2 Å². The van der Waals surface area contributed by atoms with Gasteiger partial charge >= 0.3 is 0 Å². The van der Waals surface area contributed by atoms with Gasteiger partial charge in [-0.05, 0) is 58.7 Å². The third kappa shape index (κ3) is 4.56. The van der Waals surface area contributed by atoms with Crippen molar-refractivity contribution >= 4 is 11.5 Å². The van der Waals surface area contributed by atoms with E-state index in [2.05, 4.69) is 29.1 Å². The van der Waals surface area contributed by atoms with E-state index < -0.39 is 5.60 Å². The van der Waals surface area contributed by atoms with Crippen molar-refractivity contribution in [2.45, 2.75) is 58.1 Å². The van der Waals surface area contributed by atoms with Crippen LogP contribution in [0.25, 0.3) is 0 Å². The summed E-state index contributed by atoms with van der Waals surface area (Å²) in [6, 6.07) is 7.65. The summed E-state index contributed by atoms with van der Waals surface area (Å²) >= 11 is 0. The topological polar surface area (TPSA) is 85.1 Å². The fourth-order valence-corrected chi connectivity index (χ4v) is 3.02. The maximum Gasteiger partial charge on any atom is 0.168 e. The van der Waals surface area contributed by atoms with E-state index in [1.807, 2.05) is 29.1 Å². The minimum Gasteiger partial charge on any atom is -0.454 e. The van der Waals surface area contributed by atoms with Crippen molar-refractivity contribution in [1.82, 2.24) is 19.7 Å². The van der Waals surface area contributed by atoms with Crippen LogP contribution in [0.4, 0.5) is 11.5 Å². The normalized spacial score (nSPS) is 14.3. The molecule has 3 heterocycles. The molecule has 0 atom stereocenters. The lowest BCUT2D eigenvalue weighted by molar-refractivity contribution is 0.0739. The first-order valence-corrected chi connectivity index (χ1v) is 9.98. The number of pyridine rings is 2. The lowest BCUT2D eigenvalue weighted by Crippen LogP contribution is -2.17. The average Bonchev–Trinajstić information content (AvgIpc) is 3.42.